The molecule has 1 aliphatic rings. The zero-order chi connectivity index (χ0) is 29.0. The standard InChI is InChI=1S/C28H30F3N9/c1-16-21(5-6-24(31)36-16)27(23-14-40(39-38-23)20(9-29)10-30)37-19-7-17(11-32)25-22(8-19)26(18(12-33)13-34-25)35-15-28(2,3)4/h5-8,13-14,20,27,37-39H,9-10,15H2,1-4H3,(H,34,35)/t27-/m0/s1. The van der Waals surface area contributed by atoms with E-state index < -0.39 is 31.4 Å². The minimum absolute atomic E-state index is 0.0922. The van der Waals surface area contributed by atoms with Gasteiger partial charge in [-0.1, -0.05) is 26.8 Å². The molecule has 0 radical (unpaired) electrons. The van der Waals surface area contributed by atoms with Gasteiger partial charge in [0.25, 0.3) is 0 Å². The van der Waals surface area contributed by atoms with E-state index >= 15 is 0 Å². The minimum atomic E-state index is -1.05. The lowest BCUT2D eigenvalue weighted by molar-refractivity contribution is 0.139. The number of hydrogen-bond donors (Lipinski definition) is 4. The number of pyridine rings is 2. The van der Waals surface area contributed by atoms with Crippen LogP contribution >= 0.6 is 0 Å². The van der Waals surface area contributed by atoms with Gasteiger partial charge >= 0.3 is 0 Å². The predicted molar refractivity (Wildman–Crippen MR) is 146 cm³/mol. The zero-order valence-electron chi connectivity index (χ0n) is 22.6. The number of anilines is 2. The van der Waals surface area contributed by atoms with E-state index in [9.17, 15) is 23.7 Å². The molecular weight excluding hydrogens is 519 g/mol. The summed E-state index contributed by atoms with van der Waals surface area (Å²) < 4.78 is 40.6. The van der Waals surface area contributed by atoms with Crippen LogP contribution in [0.15, 0.2) is 42.4 Å². The summed E-state index contributed by atoms with van der Waals surface area (Å²) in [6.07, 6.45) is 2.97. The molecule has 1 aromatic carbocycles. The molecule has 4 rings (SSSR count). The number of hydrogen-bond acceptors (Lipinski definition) is 9. The van der Waals surface area contributed by atoms with Crippen molar-refractivity contribution in [2.75, 3.05) is 30.5 Å². The Morgan fingerprint density at radius 1 is 1.10 bits per heavy atom. The highest BCUT2D eigenvalue weighted by molar-refractivity contribution is 5.99. The quantitative estimate of drug-likeness (QED) is 0.276. The lowest BCUT2D eigenvalue weighted by atomic mass is 9.96. The van der Waals surface area contributed by atoms with Gasteiger partial charge in [0.1, 0.15) is 31.5 Å². The van der Waals surface area contributed by atoms with Crippen LogP contribution in [-0.4, -0.2) is 40.9 Å². The number of nitriles is 2. The summed E-state index contributed by atoms with van der Waals surface area (Å²) in [5.41, 5.74) is 9.16. The minimum Gasteiger partial charge on any atom is -0.383 e. The highest BCUT2D eigenvalue weighted by atomic mass is 19.1. The van der Waals surface area contributed by atoms with Crippen LogP contribution in [0.4, 0.5) is 24.5 Å². The van der Waals surface area contributed by atoms with Crippen molar-refractivity contribution in [2.24, 2.45) is 5.41 Å². The van der Waals surface area contributed by atoms with Gasteiger partial charge in [0.15, 0.2) is 0 Å². The molecule has 0 saturated carbocycles. The molecule has 40 heavy (non-hydrogen) atoms. The normalized spacial score (nSPS) is 13.9. The molecule has 0 bridgehead atoms. The fraction of sp³-hybridized carbons (Fsp3) is 0.357. The molecule has 0 spiro atoms. The van der Waals surface area contributed by atoms with E-state index in [-0.39, 0.29) is 11.0 Å². The van der Waals surface area contributed by atoms with Crippen molar-refractivity contribution in [2.45, 2.75) is 39.8 Å². The van der Waals surface area contributed by atoms with Crippen LogP contribution in [0.1, 0.15) is 49.2 Å². The van der Waals surface area contributed by atoms with Crippen LogP contribution < -0.4 is 21.6 Å². The van der Waals surface area contributed by atoms with Gasteiger partial charge in [0.05, 0.1) is 34.1 Å². The van der Waals surface area contributed by atoms with Crippen molar-refractivity contribution in [3.05, 3.63) is 70.7 Å². The van der Waals surface area contributed by atoms with Crippen LogP contribution in [0.25, 0.3) is 10.9 Å². The second-order valence-corrected chi connectivity index (χ2v) is 10.7. The van der Waals surface area contributed by atoms with Gasteiger partial charge < -0.3 is 16.1 Å². The topological polar surface area (TPSA) is 125 Å². The summed E-state index contributed by atoms with van der Waals surface area (Å²) in [6, 6.07) is 8.81. The van der Waals surface area contributed by atoms with E-state index in [1.165, 1.54) is 23.5 Å². The molecule has 0 aliphatic carbocycles. The predicted octanol–water partition coefficient (Wildman–Crippen LogP) is 4.91. The first-order valence-corrected chi connectivity index (χ1v) is 12.6. The molecule has 9 nitrogen and oxygen atoms in total. The maximum absolute atomic E-state index is 13.9. The van der Waals surface area contributed by atoms with Gasteiger partial charge in [-0.05, 0) is 30.5 Å². The summed E-state index contributed by atoms with van der Waals surface area (Å²) in [4.78, 5) is 8.32. The van der Waals surface area contributed by atoms with E-state index in [0.29, 0.717) is 51.3 Å². The fourth-order valence-corrected chi connectivity index (χ4v) is 4.31. The van der Waals surface area contributed by atoms with Gasteiger partial charge in [0, 0.05) is 41.3 Å². The molecule has 3 aromatic rings. The van der Waals surface area contributed by atoms with Crippen molar-refractivity contribution >= 4 is 22.3 Å². The Balaban J connectivity index is 1.84. The maximum atomic E-state index is 13.9. The number of rotatable bonds is 9. The van der Waals surface area contributed by atoms with Gasteiger partial charge in [-0.2, -0.15) is 14.9 Å². The zero-order valence-corrected chi connectivity index (χ0v) is 22.6. The third-order valence-electron chi connectivity index (χ3n) is 6.39. The summed E-state index contributed by atoms with van der Waals surface area (Å²) in [7, 11) is 0. The summed E-state index contributed by atoms with van der Waals surface area (Å²) >= 11 is 0. The Labute approximate surface area is 230 Å². The van der Waals surface area contributed by atoms with Gasteiger partial charge in [-0.3, -0.25) is 9.99 Å². The Kier molecular flexibility index (Phi) is 8.31. The van der Waals surface area contributed by atoms with Crippen molar-refractivity contribution < 1.29 is 13.2 Å². The smallest absolute Gasteiger partial charge is 0.213 e. The maximum Gasteiger partial charge on any atom is 0.213 e. The second-order valence-electron chi connectivity index (χ2n) is 10.7. The average molecular weight is 550 g/mol. The number of nitrogens with zero attached hydrogens (tertiary/aromatic N) is 5. The largest absolute Gasteiger partial charge is 0.383 e. The lowest BCUT2D eigenvalue weighted by Crippen LogP contribution is -2.45. The van der Waals surface area contributed by atoms with Crippen molar-refractivity contribution in [1.29, 1.82) is 10.5 Å². The summed E-state index contributed by atoms with van der Waals surface area (Å²) in [5.74, 6) is -0.648. The highest BCUT2D eigenvalue weighted by Crippen LogP contribution is 2.35. The lowest BCUT2D eigenvalue weighted by Gasteiger charge is -2.24. The van der Waals surface area contributed by atoms with E-state index in [1.807, 2.05) is 0 Å². The molecule has 1 aliphatic heterocycles. The van der Waals surface area contributed by atoms with Gasteiger partial charge in [0.2, 0.25) is 5.95 Å². The monoisotopic (exact) mass is 549 g/mol. The number of aryl methyl sites for hydroxylation is 1. The Morgan fingerprint density at radius 3 is 2.45 bits per heavy atom. The molecule has 0 amide bonds. The second kappa shape index (κ2) is 11.7. The first-order valence-electron chi connectivity index (χ1n) is 12.6. The number of benzene rings is 1. The van der Waals surface area contributed by atoms with Crippen molar-refractivity contribution in [3.8, 4) is 12.1 Å². The van der Waals surface area contributed by atoms with Gasteiger partial charge in [-0.15, -0.1) is 5.53 Å². The number of halogens is 3. The molecule has 12 heteroatoms. The Morgan fingerprint density at radius 2 is 1.82 bits per heavy atom. The summed E-state index contributed by atoms with van der Waals surface area (Å²) in [5, 5.41) is 28.3. The highest BCUT2D eigenvalue weighted by Gasteiger charge is 2.28. The van der Waals surface area contributed by atoms with E-state index in [4.69, 9.17) is 0 Å². The number of nitrogens with one attached hydrogen (secondary N) is 4. The molecule has 2 aromatic heterocycles. The van der Waals surface area contributed by atoms with Crippen LogP contribution in [0.3, 0.4) is 0 Å². The number of alkyl halides is 2. The number of aromatic nitrogens is 2. The number of hydrazine groups is 2. The summed E-state index contributed by atoms with van der Waals surface area (Å²) in [6.45, 7) is 6.55. The molecule has 0 unspecified atom stereocenters. The SMILES string of the molecule is Cc1nc(F)ccc1[C@H](Nc1cc(C#N)c2ncc(C#N)c(NCC(C)(C)C)c2c1)C1=CN(C(CF)CF)NN1. The van der Waals surface area contributed by atoms with Gasteiger partial charge in [-0.25, -0.2) is 13.8 Å². The molecule has 4 N–H and O–H groups in total. The third-order valence-corrected chi connectivity index (χ3v) is 6.39. The molecule has 208 valence electrons. The first-order chi connectivity index (χ1) is 19.1. The van der Waals surface area contributed by atoms with E-state index in [1.54, 1.807) is 25.1 Å². The molecular formula is C28H30F3N9. The Bertz CT molecular complexity index is 1510. The van der Waals surface area contributed by atoms with Crippen LogP contribution in [0.2, 0.25) is 0 Å². The van der Waals surface area contributed by atoms with Crippen molar-refractivity contribution in [3.63, 3.8) is 0 Å². The van der Waals surface area contributed by atoms with Crippen LogP contribution in [-0.2, 0) is 0 Å². The van der Waals surface area contributed by atoms with Crippen LogP contribution in [0.5, 0.6) is 0 Å². The Hall–Kier alpha value is -4.55. The molecule has 3 heterocycles. The average Bonchev–Trinajstić information content (AvgIpc) is 3.40. The molecule has 0 saturated heterocycles. The van der Waals surface area contributed by atoms with Crippen molar-refractivity contribution in [1.82, 2.24) is 25.9 Å². The third kappa shape index (κ3) is 6.03. The molecule has 0 fully saturated rings. The fourth-order valence-electron chi connectivity index (χ4n) is 4.31. The first kappa shape index (κ1) is 28.5. The molecule has 1 atom stereocenters. The van der Waals surface area contributed by atoms with Crippen LogP contribution in [0, 0.1) is 40.9 Å². The van der Waals surface area contributed by atoms with E-state index in [0.717, 1.165) is 0 Å². The van der Waals surface area contributed by atoms with E-state index in [2.05, 4.69) is 64.5 Å². The number of fused-ring (bicyclic) bond motifs is 1.